The van der Waals surface area contributed by atoms with Gasteiger partial charge in [-0.25, -0.2) is 0 Å². The number of amides is 1. The summed E-state index contributed by atoms with van der Waals surface area (Å²) in [6.45, 7) is 6.33. The molecule has 1 saturated heterocycles. The van der Waals surface area contributed by atoms with E-state index >= 15 is 0 Å². The van der Waals surface area contributed by atoms with E-state index in [4.69, 9.17) is 0 Å². The fourth-order valence-electron chi connectivity index (χ4n) is 2.76. The quantitative estimate of drug-likeness (QED) is 0.802. The van der Waals surface area contributed by atoms with Gasteiger partial charge >= 0.3 is 0 Å². The number of hydrogen-bond acceptors (Lipinski definition) is 5. The number of likely N-dealkylation sites (N-methyl/N-ethyl adjacent to an activating group) is 1. The molecule has 2 aromatic rings. The van der Waals surface area contributed by atoms with E-state index < -0.39 is 0 Å². The number of rotatable bonds is 6. The molecule has 23 heavy (non-hydrogen) atoms. The second kappa shape index (κ2) is 8.06. The highest BCUT2D eigenvalue weighted by Crippen LogP contribution is 2.14. The van der Waals surface area contributed by atoms with Gasteiger partial charge in [0.05, 0.1) is 13.1 Å². The van der Waals surface area contributed by atoms with Crippen molar-refractivity contribution in [2.24, 2.45) is 0 Å². The van der Waals surface area contributed by atoms with Crippen LogP contribution < -0.4 is 0 Å². The number of hydrogen-bond donors (Lipinski definition) is 0. The van der Waals surface area contributed by atoms with Gasteiger partial charge < -0.3 is 4.90 Å². The van der Waals surface area contributed by atoms with Crippen molar-refractivity contribution in [3.63, 3.8) is 0 Å². The van der Waals surface area contributed by atoms with E-state index in [9.17, 15) is 4.79 Å². The third-order valence-corrected chi connectivity index (χ3v) is 5.90. The Hall–Kier alpha value is -1.21. The van der Waals surface area contributed by atoms with Crippen LogP contribution in [-0.2, 0) is 17.9 Å². The van der Waals surface area contributed by atoms with Gasteiger partial charge in [0.15, 0.2) is 0 Å². The molecule has 1 fully saturated rings. The van der Waals surface area contributed by atoms with Crippen LogP contribution in [0.1, 0.15) is 9.75 Å². The van der Waals surface area contributed by atoms with Crippen LogP contribution in [0.15, 0.2) is 35.0 Å². The lowest BCUT2D eigenvalue weighted by atomic mass is 10.3. The van der Waals surface area contributed by atoms with Gasteiger partial charge in [0.2, 0.25) is 5.91 Å². The van der Waals surface area contributed by atoms with E-state index in [2.05, 4.69) is 38.8 Å². The summed E-state index contributed by atoms with van der Waals surface area (Å²) in [7, 11) is 1.90. The molecule has 0 atom stereocenters. The first-order chi connectivity index (χ1) is 11.2. The zero-order valence-electron chi connectivity index (χ0n) is 13.5. The lowest BCUT2D eigenvalue weighted by Crippen LogP contribution is -2.49. The van der Waals surface area contributed by atoms with Gasteiger partial charge in [-0.05, 0) is 22.9 Å². The zero-order valence-corrected chi connectivity index (χ0v) is 15.1. The van der Waals surface area contributed by atoms with Crippen molar-refractivity contribution in [2.75, 3.05) is 39.8 Å². The molecule has 0 radical (unpaired) electrons. The van der Waals surface area contributed by atoms with Crippen molar-refractivity contribution in [1.29, 1.82) is 0 Å². The van der Waals surface area contributed by atoms with Gasteiger partial charge in [-0.2, -0.15) is 0 Å². The molecule has 0 aliphatic carbocycles. The molecule has 0 aromatic carbocycles. The van der Waals surface area contributed by atoms with E-state index in [-0.39, 0.29) is 5.91 Å². The minimum atomic E-state index is 0.213. The summed E-state index contributed by atoms with van der Waals surface area (Å²) in [6.07, 6.45) is 0. The Labute approximate surface area is 145 Å². The lowest BCUT2D eigenvalue weighted by molar-refractivity contribution is -0.132. The van der Waals surface area contributed by atoms with Crippen LogP contribution in [0.5, 0.6) is 0 Å². The monoisotopic (exact) mass is 349 g/mol. The molecule has 3 heterocycles. The summed E-state index contributed by atoms with van der Waals surface area (Å²) in [5.74, 6) is 0.213. The van der Waals surface area contributed by atoms with Crippen LogP contribution in [0.3, 0.4) is 0 Å². The van der Waals surface area contributed by atoms with Gasteiger partial charge in [-0.1, -0.05) is 12.1 Å². The lowest BCUT2D eigenvalue weighted by Gasteiger charge is -2.34. The average molecular weight is 350 g/mol. The first-order valence-corrected chi connectivity index (χ1v) is 9.70. The van der Waals surface area contributed by atoms with Crippen LogP contribution in [0.4, 0.5) is 0 Å². The average Bonchev–Trinajstić information content (AvgIpc) is 3.23. The Morgan fingerprint density at radius 3 is 2.26 bits per heavy atom. The molecule has 0 unspecified atom stereocenters. The molecule has 6 heteroatoms. The second-order valence-electron chi connectivity index (χ2n) is 5.96. The molecule has 124 valence electrons. The van der Waals surface area contributed by atoms with Crippen LogP contribution in [0.2, 0.25) is 0 Å². The first-order valence-electron chi connectivity index (χ1n) is 7.94. The Morgan fingerprint density at radius 1 is 1.04 bits per heavy atom. The Balaban J connectivity index is 1.40. The third-order valence-electron chi connectivity index (χ3n) is 4.18. The third kappa shape index (κ3) is 4.88. The fraction of sp³-hybridized carbons (Fsp3) is 0.471. The van der Waals surface area contributed by atoms with Crippen molar-refractivity contribution < 1.29 is 4.79 Å². The molecule has 1 aliphatic rings. The number of carbonyl (C=O) groups excluding carboxylic acids is 1. The van der Waals surface area contributed by atoms with Crippen molar-refractivity contribution in [1.82, 2.24) is 14.7 Å². The van der Waals surface area contributed by atoms with Crippen molar-refractivity contribution in [3.05, 3.63) is 44.8 Å². The summed E-state index contributed by atoms with van der Waals surface area (Å²) >= 11 is 3.52. The van der Waals surface area contributed by atoms with Gasteiger partial charge in [-0.15, -0.1) is 22.7 Å². The molecule has 2 aromatic heterocycles. The highest BCUT2D eigenvalue weighted by Gasteiger charge is 2.20. The second-order valence-corrected chi connectivity index (χ2v) is 8.03. The molecule has 1 aliphatic heterocycles. The molecule has 3 rings (SSSR count). The molecule has 1 amide bonds. The maximum absolute atomic E-state index is 12.4. The van der Waals surface area contributed by atoms with Crippen LogP contribution >= 0.6 is 22.7 Å². The molecule has 0 bridgehead atoms. The molecule has 4 nitrogen and oxygen atoms in total. The van der Waals surface area contributed by atoms with Gasteiger partial charge in [0.25, 0.3) is 0 Å². The summed E-state index contributed by atoms with van der Waals surface area (Å²) in [5, 5.41) is 4.19. The van der Waals surface area contributed by atoms with E-state index in [1.807, 2.05) is 29.4 Å². The maximum atomic E-state index is 12.4. The van der Waals surface area contributed by atoms with E-state index in [1.165, 1.54) is 9.75 Å². The Bertz CT molecular complexity index is 589. The number of piperazine rings is 1. The molecular weight excluding hydrogens is 326 g/mol. The van der Waals surface area contributed by atoms with Crippen molar-refractivity contribution >= 4 is 28.6 Å². The van der Waals surface area contributed by atoms with Gasteiger partial charge in [-0.3, -0.25) is 14.6 Å². The standard InChI is InChI=1S/C17H23N3OS2/c1-18(12-15-4-2-10-22-15)17(21)14-20-8-6-19(7-9-20)13-16-5-3-11-23-16/h2-5,10-11H,6-9,12-14H2,1H3. The summed E-state index contributed by atoms with van der Waals surface area (Å²) in [6, 6.07) is 8.42. The smallest absolute Gasteiger partial charge is 0.236 e. The van der Waals surface area contributed by atoms with E-state index in [1.54, 1.807) is 11.3 Å². The van der Waals surface area contributed by atoms with Gasteiger partial charge in [0, 0.05) is 49.5 Å². The Morgan fingerprint density at radius 2 is 1.65 bits per heavy atom. The Kier molecular flexibility index (Phi) is 5.83. The SMILES string of the molecule is CN(Cc1cccs1)C(=O)CN1CCN(Cc2cccs2)CC1. The van der Waals surface area contributed by atoms with E-state index in [0.29, 0.717) is 6.54 Å². The number of carbonyl (C=O) groups is 1. The summed E-state index contributed by atoms with van der Waals surface area (Å²) < 4.78 is 0. The first kappa shape index (κ1) is 16.6. The topological polar surface area (TPSA) is 26.8 Å². The highest BCUT2D eigenvalue weighted by molar-refractivity contribution is 7.10. The number of thiophene rings is 2. The highest BCUT2D eigenvalue weighted by atomic mass is 32.1. The predicted octanol–water partition coefficient (Wildman–Crippen LogP) is 2.59. The molecule has 0 N–H and O–H groups in total. The van der Waals surface area contributed by atoms with Crippen LogP contribution in [0.25, 0.3) is 0 Å². The van der Waals surface area contributed by atoms with Crippen LogP contribution in [0, 0.1) is 0 Å². The normalized spacial score (nSPS) is 16.6. The minimum absolute atomic E-state index is 0.213. The predicted molar refractivity (Wildman–Crippen MR) is 96.8 cm³/mol. The zero-order chi connectivity index (χ0) is 16.1. The van der Waals surface area contributed by atoms with Gasteiger partial charge in [0.1, 0.15) is 0 Å². The molecule has 0 saturated carbocycles. The van der Waals surface area contributed by atoms with Crippen LogP contribution in [-0.4, -0.2) is 60.4 Å². The largest absolute Gasteiger partial charge is 0.340 e. The maximum Gasteiger partial charge on any atom is 0.236 e. The fourth-order valence-corrected chi connectivity index (χ4v) is 4.27. The summed E-state index contributed by atoms with van der Waals surface area (Å²) in [4.78, 5) is 21.6. The number of nitrogens with zero attached hydrogens (tertiary/aromatic N) is 3. The summed E-state index contributed by atoms with van der Waals surface area (Å²) in [5.41, 5.74) is 0. The molecule has 0 spiro atoms. The minimum Gasteiger partial charge on any atom is -0.340 e. The van der Waals surface area contributed by atoms with Crippen molar-refractivity contribution in [2.45, 2.75) is 13.1 Å². The molecular formula is C17H23N3OS2. The van der Waals surface area contributed by atoms with Crippen molar-refractivity contribution in [3.8, 4) is 0 Å². The van der Waals surface area contributed by atoms with E-state index in [0.717, 1.165) is 39.3 Å².